The molecule has 0 radical (unpaired) electrons. The molecule has 0 spiro atoms. The smallest absolute Gasteiger partial charge is 0.337 e. The molecule has 0 aromatic heterocycles. The Balaban J connectivity index is 2.21. The monoisotopic (exact) mass is 474 g/mol. The molecule has 2 aliphatic heterocycles. The third-order valence-corrected chi connectivity index (χ3v) is 5.56. The van der Waals surface area contributed by atoms with Gasteiger partial charge in [0.15, 0.2) is 6.29 Å². The first-order chi connectivity index (χ1) is 15.6. The van der Waals surface area contributed by atoms with Crippen LogP contribution in [-0.4, -0.2) is 89.7 Å². The minimum absolute atomic E-state index is 0.0834. The van der Waals surface area contributed by atoms with E-state index in [1.807, 2.05) is 13.8 Å². The largest absolute Gasteiger partial charge is 0.468 e. The Bertz CT molecular complexity index is 730. The summed E-state index contributed by atoms with van der Waals surface area (Å²) in [5.74, 6) is -1.66. The number of ether oxygens (including phenoxy) is 5. The number of aliphatic hydroxyl groups is 4. The second-order valence-electron chi connectivity index (χ2n) is 8.31. The molecule has 0 unspecified atom stereocenters. The fourth-order valence-corrected chi connectivity index (χ4v) is 3.56. The van der Waals surface area contributed by atoms with Crippen molar-refractivity contribution in [2.24, 2.45) is 11.8 Å². The average molecular weight is 475 g/mol. The number of carbonyl (C=O) groups excluding carboxylic acids is 2. The van der Waals surface area contributed by atoms with Crippen LogP contribution >= 0.6 is 0 Å². The summed E-state index contributed by atoms with van der Waals surface area (Å²) in [5.41, 5.74) is 0.454. The molecular weight excluding hydrogens is 440 g/mol. The molecule has 7 atom stereocenters. The summed E-state index contributed by atoms with van der Waals surface area (Å²) in [6.07, 6.45) is -5.44. The third kappa shape index (κ3) is 6.75. The summed E-state index contributed by atoms with van der Waals surface area (Å²) in [6.45, 7) is 5.28. The fraction of sp³-hybridized carbons (Fsp3) is 0.727. The number of allylic oxidation sites excluding steroid dienone is 1. The van der Waals surface area contributed by atoms with E-state index in [1.54, 1.807) is 13.0 Å². The lowest BCUT2D eigenvalue weighted by Crippen LogP contribution is -2.60. The van der Waals surface area contributed by atoms with Crippen molar-refractivity contribution in [3.63, 3.8) is 0 Å². The molecule has 0 saturated carbocycles. The van der Waals surface area contributed by atoms with Crippen molar-refractivity contribution in [3.05, 3.63) is 23.5 Å². The zero-order valence-corrected chi connectivity index (χ0v) is 19.2. The summed E-state index contributed by atoms with van der Waals surface area (Å²) in [4.78, 5) is 24.7. The van der Waals surface area contributed by atoms with Gasteiger partial charge in [-0.15, -0.1) is 0 Å². The first-order valence-corrected chi connectivity index (χ1v) is 10.9. The van der Waals surface area contributed by atoms with Crippen LogP contribution in [0.25, 0.3) is 0 Å². The maximum absolute atomic E-state index is 12.5. The number of hydrogen-bond donors (Lipinski definition) is 4. The summed E-state index contributed by atoms with van der Waals surface area (Å²) in [7, 11) is 1.20. The Labute approximate surface area is 192 Å². The lowest BCUT2D eigenvalue weighted by atomic mass is 9.86. The zero-order chi connectivity index (χ0) is 24.7. The van der Waals surface area contributed by atoms with Gasteiger partial charge in [0.25, 0.3) is 0 Å². The zero-order valence-electron chi connectivity index (χ0n) is 19.2. The van der Waals surface area contributed by atoms with Crippen LogP contribution in [0.15, 0.2) is 23.5 Å². The molecule has 2 rings (SSSR count). The molecule has 2 aliphatic rings. The molecule has 0 amide bonds. The van der Waals surface area contributed by atoms with Crippen LogP contribution in [0.3, 0.4) is 0 Å². The highest BCUT2D eigenvalue weighted by atomic mass is 16.8. The van der Waals surface area contributed by atoms with Crippen LogP contribution < -0.4 is 0 Å². The Morgan fingerprint density at radius 1 is 1.18 bits per heavy atom. The number of hydrogen-bond acceptors (Lipinski definition) is 11. The molecule has 33 heavy (non-hydrogen) atoms. The Morgan fingerprint density at radius 3 is 2.45 bits per heavy atom. The second-order valence-corrected chi connectivity index (χ2v) is 8.31. The van der Waals surface area contributed by atoms with E-state index in [0.717, 1.165) is 6.26 Å². The molecule has 0 aromatic carbocycles. The highest BCUT2D eigenvalue weighted by Crippen LogP contribution is 2.36. The van der Waals surface area contributed by atoms with E-state index in [9.17, 15) is 30.0 Å². The number of aliphatic hydroxyl groups excluding tert-OH is 4. The maximum Gasteiger partial charge on any atom is 0.337 e. The van der Waals surface area contributed by atoms with Gasteiger partial charge in [-0.2, -0.15) is 0 Å². The van der Waals surface area contributed by atoms with Crippen molar-refractivity contribution in [2.45, 2.75) is 70.6 Å². The minimum atomic E-state index is -1.64. The molecule has 188 valence electrons. The number of methoxy groups -OCH3 is 1. The van der Waals surface area contributed by atoms with Gasteiger partial charge in [-0.3, -0.25) is 4.79 Å². The predicted molar refractivity (Wildman–Crippen MR) is 112 cm³/mol. The van der Waals surface area contributed by atoms with Gasteiger partial charge in [-0.05, 0) is 19.3 Å². The van der Waals surface area contributed by atoms with E-state index in [0.29, 0.717) is 17.9 Å². The molecular formula is C22H34O11. The lowest BCUT2D eigenvalue weighted by Gasteiger charge is -2.41. The Kier molecular flexibility index (Phi) is 10.3. The predicted octanol–water partition coefficient (Wildman–Crippen LogP) is -0.242. The molecule has 11 nitrogen and oxygen atoms in total. The van der Waals surface area contributed by atoms with Gasteiger partial charge in [-0.25, -0.2) is 4.79 Å². The van der Waals surface area contributed by atoms with Crippen LogP contribution in [0.4, 0.5) is 0 Å². The summed E-state index contributed by atoms with van der Waals surface area (Å²) >= 11 is 0. The lowest BCUT2D eigenvalue weighted by molar-refractivity contribution is -0.327. The van der Waals surface area contributed by atoms with Gasteiger partial charge in [0, 0.05) is 11.5 Å². The fourth-order valence-electron chi connectivity index (χ4n) is 3.56. The van der Waals surface area contributed by atoms with Crippen molar-refractivity contribution in [1.29, 1.82) is 0 Å². The van der Waals surface area contributed by atoms with Crippen molar-refractivity contribution in [2.75, 3.05) is 20.3 Å². The van der Waals surface area contributed by atoms with Crippen LogP contribution in [0.5, 0.6) is 0 Å². The quantitative estimate of drug-likeness (QED) is 0.258. The minimum Gasteiger partial charge on any atom is -0.468 e. The van der Waals surface area contributed by atoms with Gasteiger partial charge < -0.3 is 44.1 Å². The highest BCUT2D eigenvalue weighted by Gasteiger charge is 2.46. The standard InChI is InChI=1S/C22H34O11/c1-5-12-13(8-16(24)30-7-6-11(2)3)14(20(28)29-4)10-31-21(12)33-22-19(27)18(26)17(25)15(9-23)32-22/h5,10-11,13,15,17-19,21-23,25-27H,6-9H2,1-4H3/b12-5+/t13-,15+,17+,18-,19+,21-,22-/m0/s1. The normalized spacial score (nSPS) is 33.4. The molecule has 1 saturated heterocycles. The van der Waals surface area contributed by atoms with Crippen molar-refractivity contribution in [3.8, 4) is 0 Å². The summed E-state index contributed by atoms with van der Waals surface area (Å²) in [5, 5.41) is 39.6. The van der Waals surface area contributed by atoms with E-state index in [4.69, 9.17) is 23.7 Å². The van der Waals surface area contributed by atoms with Crippen molar-refractivity contribution in [1.82, 2.24) is 0 Å². The number of esters is 2. The molecule has 0 bridgehead atoms. The number of rotatable bonds is 9. The Morgan fingerprint density at radius 2 is 1.88 bits per heavy atom. The summed E-state index contributed by atoms with van der Waals surface area (Å²) in [6, 6.07) is 0. The van der Waals surface area contributed by atoms with Gasteiger partial charge in [-0.1, -0.05) is 19.9 Å². The SMILES string of the molecule is C/C=C1/[C@H](O[C@@H]2O[C@H](CO)[C@@H](O)[C@H](O)[C@H]2O)OC=C(C(=O)OC)[C@H]1CC(=O)OCCC(C)C. The van der Waals surface area contributed by atoms with Gasteiger partial charge in [0.2, 0.25) is 6.29 Å². The van der Waals surface area contributed by atoms with E-state index in [-0.39, 0.29) is 18.6 Å². The molecule has 1 fully saturated rings. The third-order valence-electron chi connectivity index (χ3n) is 5.56. The first kappa shape index (κ1) is 27.2. The number of carbonyl (C=O) groups is 2. The van der Waals surface area contributed by atoms with Crippen molar-refractivity contribution >= 4 is 11.9 Å². The molecule has 0 aromatic rings. The van der Waals surface area contributed by atoms with Crippen LogP contribution in [0, 0.1) is 11.8 Å². The van der Waals surface area contributed by atoms with E-state index in [1.165, 1.54) is 7.11 Å². The van der Waals surface area contributed by atoms with E-state index in [2.05, 4.69) is 0 Å². The second kappa shape index (κ2) is 12.4. The van der Waals surface area contributed by atoms with Crippen molar-refractivity contribution < 1.29 is 53.7 Å². The molecule has 4 N–H and O–H groups in total. The molecule has 11 heteroatoms. The van der Waals surface area contributed by atoms with Gasteiger partial charge in [0.05, 0.1) is 38.6 Å². The van der Waals surface area contributed by atoms with Crippen LogP contribution in [-0.2, 0) is 33.3 Å². The highest BCUT2D eigenvalue weighted by molar-refractivity contribution is 5.90. The van der Waals surface area contributed by atoms with E-state index >= 15 is 0 Å². The van der Waals surface area contributed by atoms with E-state index < -0.39 is 61.5 Å². The molecule has 2 heterocycles. The first-order valence-electron chi connectivity index (χ1n) is 10.9. The van der Waals surface area contributed by atoms with Crippen LogP contribution in [0.2, 0.25) is 0 Å². The topological polar surface area (TPSA) is 161 Å². The summed E-state index contributed by atoms with van der Waals surface area (Å²) < 4.78 is 26.7. The Hall–Kier alpha value is -2.02. The maximum atomic E-state index is 12.5. The molecule has 0 aliphatic carbocycles. The van der Waals surface area contributed by atoms with Gasteiger partial charge >= 0.3 is 11.9 Å². The van der Waals surface area contributed by atoms with Gasteiger partial charge in [0.1, 0.15) is 24.4 Å². The van der Waals surface area contributed by atoms with Crippen LogP contribution in [0.1, 0.15) is 33.6 Å². The average Bonchev–Trinajstić information content (AvgIpc) is 2.78.